The maximum Gasteiger partial charge on any atom is 0.256 e. The van der Waals surface area contributed by atoms with Crippen molar-refractivity contribution in [2.75, 3.05) is 18.8 Å². The van der Waals surface area contributed by atoms with Gasteiger partial charge in [0.1, 0.15) is 5.82 Å². The second-order valence-electron chi connectivity index (χ2n) is 5.60. The molecule has 104 valence electrons. The summed E-state index contributed by atoms with van der Waals surface area (Å²) in [5, 5.41) is 1.74. The molecule has 1 amide bonds. The number of nitrogens with zero attached hydrogens (tertiary/aromatic N) is 2. The van der Waals surface area contributed by atoms with E-state index < -0.39 is 0 Å². The van der Waals surface area contributed by atoms with E-state index >= 15 is 0 Å². The Morgan fingerprint density at radius 2 is 2.10 bits per heavy atom. The van der Waals surface area contributed by atoms with Gasteiger partial charge in [0.2, 0.25) is 0 Å². The van der Waals surface area contributed by atoms with Gasteiger partial charge < -0.3 is 10.6 Å². The second-order valence-corrected chi connectivity index (χ2v) is 5.60. The highest BCUT2D eigenvalue weighted by atomic mass is 16.2. The van der Waals surface area contributed by atoms with Crippen molar-refractivity contribution < 1.29 is 4.79 Å². The zero-order chi connectivity index (χ0) is 14.1. The summed E-state index contributed by atoms with van der Waals surface area (Å²) in [5.74, 6) is 1.12. The van der Waals surface area contributed by atoms with Gasteiger partial charge in [-0.2, -0.15) is 0 Å². The molecule has 0 radical (unpaired) electrons. The van der Waals surface area contributed by atoms with E-state index in [1.807, 2.05) is 29.2 Å². The molecule has 1 aliphatic rings. The lowest BCUT2D eigenvalue weighted by Crippen LogP contribution is -2.39. The largest absolute Gasteiger partial charge is 0.383 e. The average molecular weight is 269 g/mol. The van der Waals surface area contributed by atoms with Crippen molar-refractivity contribution in [3.63, 3.8) is 0 Å². The van der Waals surface area contributed by atoms with E-state index in [-0.39, 0.29) is 5.91 Å². The molecule has 2 N–H and O–H groups in total. The molecule has 1 saturated heterocycles. The number of carbonyl (C=O) groups excluding carboxylic acids is 1. The molecule has 0 spiro atoms. The van der Waals surface area contributed by atoms with Crippen molar-refractivity contribution >= 4 is 22.5 Å². The maximum absolute atomic E-state index is 12.7. The van der Waals surface area contributed by atoms with Crippen LogP contribution in [0, 0.1) is 5.92 Å². The molecular formula is C16H19N3O. The first-order chi connectivity index (χ1) is 9.66. The smallest absolute Gasteiger partial charge is 0.256 e. The minimum Gasteiger partial charge on any atom is -0.383 e. The van der Waals surface area contributed by atoms with Gasteiger partial charge >= 0.3 is 0 Å². The van der Waals surface area contributed by atoms with Gasteiger partial charge in [-0.1, -0.05) is 31.2 Å². The summed E-state index contributed by atoms with van der Waals surface area (Å²) in [4.78, 5) is 18.8. The predicted molar refractivity (Wildman–Crippen MR) is 80.5 cm³/mol. The zero-order valence-corrected chi connectivity index (χ0v) is 11.7. The van der Waals surface area contributed by atoms with Crippen molar-refractivity contribution in [1.29, 1.82) is 0 Å². The number of piperidine rings is 1. The Bertz CT molecular complexity index is 653. The number of hydrogen-bond donors (Lipinski definition) is 1. The Labute approximate surface area is 118 Å². The van der Waals surface area contributed by atoms with Crippen molar-refractivity contribution in [3.05, 3.63) is 36.0 Å². The molecule has 0 aliphatic carbocycles. The van der Waals surface area contributed by atoms with Crippen LogP contribution in [-0.4, -0.2) is 28.9 Å². The van der Waals surface area contributed by atoms with E-state index in [1.54, 1.807) is 6.20 Å². The first kappa shape index (κ1) is 12.9. The number of anilines is 1. The molecular weight excluding hydrogens is 250 g/mol. The summed E-state index contributed by atoms with van der Waals surface area (Å²) in [6.07, 6.45) is 3.89. The number of likely N-dealkylation sites (tertiary alicyclic amines) is 1. The van der Waals surface area contributed by atoms with E-state index in [2.05, 4.69) is 11.9 Å². The Hall–Kier alpha value is -2.10. The molecule has 2 heterocycles. The Kier molecular flexibility index (Phi) is 3.30. The van der Waals surface area contributed by atoms with Crippen LogP contribution in [0.5, 0.6) is 0 Å². The third kappa shape index (κ3) is 2.22. The van der Waals surface area contributed by atoms with Crippen LogP contribution >= 0.6 is 0 Å². The molecule has 1 aromatic carbocycles. The highest BCUT2D eigenvalue weighted by molar-refractivity contribution is 6.08. The minimum absolute atomic E-state index is 0.0697. The summed E-state index contributed by atoms with van der Waals surface area (Å²) in [6.45, 7) is 3.86. The number of carbonyl (C=O) groups is 1. The van der Waals surface area contributed by atoms with Crippen molar-refractivity contribution in [1.82, 2.24) is 9.88 Å². The number of benzene rings is 1. The quantitative estimate of drug-likeness (QED) is 0.866. The molecule has 2 aromatic rings. The molecule has 20 heavy (non-hydrogen) atoms. The molecule has 0 bridgehead atoms. The second kappa shape index (κ2) is 5.12. The number of rotatable bonds is 1. The van der Waals surface area contributed by atoms with Crippen LogP contribution in [0.3, 0.4) is 0 Å². The van der Waals surface area contributed by atoms with Crippen LogP contribution in [0.2, 0.25) is 0 Å². The van der Waals surface area contributed by atoms with Gasteiger partial charge in [-0.25, -0.2) is 4.98 Å². The Morgan fingerprint density at radius 3 is 2.85 bits per heavy atom. The molecule has 1 aliphatic heterocycles. The zero-order valence-electron chi connectivity index (χ0n) is 11.7. The summed E-state index contributed by atoms with van der Waals surface area (Å²) < 4.78 is 0. The normalized spacial score (nSPS) is 19.2. The third-order valence-electron chi connectivity index (χ3n) is 4.00. The fourth-order valence-electron chi connectivity index (χ4n) is 2.93. The number of fused-ring (bicyclic) bond motifs is 1. The van der Waals surface area contributed by atoms with Gasteiger partial charge in [0, 0.05) is 24.7 Å². The highest BCUT2D eigenvalue weighted by Crippen LogP contribution is 2.25. The molecule has 1 unspecified atom stereocenters. The topological polar surface area (TPSA) is 59.2 Å². The minimum atomic E-state index is 0.0697. The van der Waals surface area contributed by atoms with Gasteiger partial charge in [0.05, 0.1) is 5.56 Å². The lowest BCUT2D eigenvalue weighted by molar-refractivity contribution is 0.0684. The molecule has 1 aromatic heterocycles. The first-order valence-corrected chi connectivity index (χ1v) is 7.09. The van der Waals surface area contributed by atoms with Gasteiger partial charge in [-0.3, -0.25) is 4.79 Å². The summed E-state index contributed by atoms with van der Waals surface area (Å²) in [5.41, 5.74) is 6.55. The fraction of sp³-hybridized carbons (Fsp3) is 0.375. The van der Waals surface area contributed by atoms with Crippen LogP contribution in [0.1, 0.15) is 30.1 Å². The lowest BCUT2D eigenvalue weighted by atomic mass is 9.99. The molecule has 1 fully saturated rings. The highest BCUT2D eigenvalue weighted by Gasteiger charge is 2.23. The lowest BCUT2D eigenvalue weighted by Gasteiger charge is -2.31. The van der Waals surface area contributed by atoms with E-state index in [4.69, 9.17) is 5.73 Å². The third-order valence-corrected chi connectivity index (χ3v) is 4.00. The molecule has 0 saturated carbocycles. The molecule has 3 rings (SSSR count). The van der Waals surface area contributed by atoms with E-state index in [9.17, 15) is 4.79 Å². The predicted octanol–water partition coefficient (Wildman–Crippen LogP) is 2.69. The summed E-state index contributed by atoms with van der Waals surface area (Å²) >= 11 is 0. The van der Waals surface area contributed by atoms with Crippen molar-refractivity contribution in [2.45, 2.75) is 19.8 Å². The van der Waals surface area contributed by atoms with Crippen LogP contribution in [0.25, 0.3) is 10.8 Å². The molecule has 4 heteroatoms. The van der Waals surface area contributed by atoms with Crippen molar-refractivity contribution in [3.8, 4) is 0 Å². The van der Waals surface area contributed by atoms with Crippen LogP contribution in [-0.2, 0) is 0 Å². The van der Waals surface area contributed by atoms with Crippen molar-refractivity contribution in [2.24, 2.45) is 5.92 Å². The standard InChI is InChI=1S/C16H19N3O/c1-11-5-4-8-19(10-11)16(20)14-9-18-15(17)13-7-3-2-6-12(13)14/h2-3,6-7,9,11H,4-5,8,10H2,1H3,(H2,17,18). The Balaban J connectivity index is 2.01. The van der Waals surface area contributed by atoms with Crippen LogP contribution < -0.4 is 5.73 Å². The van der Waals surface area contributed by atoms with Gasteiger partial charge in [-0.15, -0.1) is 0 Å². The monoisotopic (exact) mass is 269 g/mol. The van der Waals surface area contributed by atoms with E-state index in [0.717, 1.165) is 30.3 Å². The van der Waals surface area contributed by atoms with Crippen LogP contribution in [0.4, 0.5) is 5.82 Å². The number of hydrogen-bond acceptors (Lipinski definition) is 3. The first-order valence-electron chi connectivity index (χ1n) is 7.09. The van der Waals surface area contributed by atoms with E-state index in [1.165, 1.54) is 6.42 Å². The average Bonchev–Trinajstić information content (AvgIpc) is 2.47. The molecule has 4 nitrogen and oxygen atoms in total. The summed E-state index contributed by atoms with van der Waals surface area (Å²) in [6, 6.07) is 7.69. The number of nitrogen functional groups attached to an aromatic ring is 1. The summed E-state index contributed by atoms with van der Waals surface area (Å²) in [7, 11) is 0. The van der Waals surface area contributed by atoms with Crippen LogP contribution in [0.15, 0.2) is 30.5 Å². The van der Waals surface area contributed by atoms with Gasteiger partial charge in [0.25, 0.3) is 5.91 Å². The number of nitrogens with two attached hydrogens (primary N) is 1. The van der Waals surface area contributed by atoms with Gasteiger partial charge in [-0.05, 0) is 24.1 Å². The fourth-order valence-corrected chi connectivity index (χ4v) is 2.93. The van der Waals surface area contributed by atoms with E-state index in [0.29, 0.717) is 17.3 Å². The van der Waals surface area contributed by atoms with Gasteiger partial charge in [0.15, 0.2) is 0 Å². The SMILES string of the molecule is CC1CCCN(C(=O)c2cnc(N)c3ccccc23)C1. The number of amides is 1. The molecule has 1 atom stereocenters. The number of aromatic nitrogens is 1. The Morgan fingerprint density at radius 1 is 1.35 bits per heavy atom. The maximum atomic E-state index is 12.7. The number of pyridine rings is 1.